The largest absolute Gasteiger partial charge is 0.350 e. The van der Waals surface area contributed by atoms with Crippen molar-refractivity contribution < 1.29 is 0 Å². The van der Waals surface area contributed by atoms with Crippen molar-refractivity contribution in [1.29, 1.82) is 0 Å². The Labute approximate surface area is 114 Å². The van der Waals surface area contributed by atoms with Gasteiger partial charge in [0.05, 0.1) is 18.4 Å². The molecule has 7 heteroatoms. The van der Waals surface area contributed by atoms with Crippen LogP contribution >= 0.6 is 0 Å². The molecular formula is C13H14N6O. The fraction of sp³-hybridized carbons (Fsp3) is 0.231. The summed E-state index contributed by atoms with van der Waals surface area (Å²) in [6.07, 6.45) is 6.51. The third-order valence-corrected chi connectivity index (χ3v) is 2.92. The van der Waals surface area contributed by atoms with E-state index in [9.17, 15) is 4.79 Å². The summed E-state index contributed by atoms with van der Waals surface area (Å²) in [4.78, 5) is 20.1. The van der Waals surface area contributed by atoms with Crippen LogP contribution in [-0.4, -0.2) is 30.7 Å². The average molecular weight is 270 g/mol. The minimum atomic E-state index is -0.151. The number of nitrogens with one attached hydrogen (secondary N) is 1. The summed E-state index contributed by atoms with van der Waals surface area (Å²) < 4.78 is 2.91. The number of hydrogen-bond acceptors (Lipinski definition) is 5. The zero-order valence-corrected chi connectivity index (χ0v) is 10.8. The van der Waals surface area contributed by atoms with Crippen LogP contribution in [0.1, 0.15) is 5.69 Å². The molecule has 0 bridgehead atoms. The lowest BCUT2D eigenvalue weighted by molar-refractivity contribution is 0.538. The number of rotatable bonds is 5. The Balaban J connectivity index is 1.60. The van der Waals surface area contributed by atoms with Crippen molar-refractivity contribution in [2.24, 2.45) is 0 Å². The van der Waals surface area contributed by atoms with Crippen LogP contribution in [0, 0.1) is 0 Å². The molecule has 0 amide bonds. The van der Waals surface area contributed by atoms with Gasteiger partial charge in [-0.2, -0.15) is 0 Å². The summed E-state index contributed by atoms with van der Waals surface area (Å²) in [5.74, 6) is 0. The minimum Gasteiger partial charge on any atom is -0.309 e. The van der Waals surface area contributed by atoms with Crippen LogP contribution in [0.25, 0.3) is 5.65 Å². The first-order chi connectivity index (χ1) is 9.84. The Morgan fingerprint density at radius 1 is 1.25 bits per heavy atom. The zero-order valence-electron chi connectivity index (χ0n) is 10.8. The minimum absolute atomic E-state index is 0.151. The fourth-order valence-electron chi connectivity index (χ4n) is 1.93. The number of hydrogen-bond donors (Lipinski definition) is 1. The second-order valence-corrected chi connectivity index (χ2v) is 4.31. The molecule has 20 heavy (non-hydrogen) atoms. The maximum atomic E-state index is 12.0. The maximum absolute atomic E-state index is 12.0. The first kappa shape index (κ1) is 12.5. The van der Waals surface area contributed by atoms with E-state index in [2.05, 4.69) is 20.4 Å². The summed E-state index contributed by atoms with van der Waals surface area (Å²) in [5.41, 5.74) is 1.38. The summed E-state index contributed by atoms with van der Waals surface area (Å²) in [5, 5.41) is 7.44. The van der Waals surface area contributed by atoms with E-state index < -0.39 is 0 Å². The van der Waals surface area contributed by atoms with Crippen molar-refractivity contribution in [2.45, 2.75) is 13.1 Å². The standard InChI is InChI=1S/C13H14N6O/c20-13-18-7-5-15-10-12(18)17-19(13)8-6-14-9-11-3-1-2-4-16-11/h1-5,7,10,14H,6,8-9H2. The highest BCUT2D eigenvalue weighted by atomic mass is 16.2. The molecular weight excluding hydrogens is 256 g/mol. The first-order valence-electron chi connectivity index (χ1n) is 6.34. The van der Waals surface area contributed by atoms with E-state index >= 15 is 0 Å². The number of fused-ring (bicyclic) bond motifs is 1. The van der Waals surface area contributed by atoms with Crippen LogP contribution in [0.4, 0.5) is 0 Å². The first-order valence-corrected chi connectivity index (χ1v) is 6.34. The summed E-state index contributed by atoms with van der Waals surface area (Å²) in [7, 11) is 0. The third kappa shape index (κ3) is 2.57. The highest BCUT2D eigenvalue weighted by molar-refractivity contribution is 5.31. The van der Waals surface area contributed by atoms with Crippen LogP contribution in [-0.2, 0) is 13.1 Å². The van der Waals surface area contributed by atoms with Crippen LogP contribution in [0.2, 0.25) is 0 Å². The van der Waals surface area contributed by atoms with Crippen molar-refractivity contribution in [3.05, 3.63) is 59.2 Å². The molecule has 0 unspecified atom stereocenters. The molecule has 3 aromatic rings. The Bertz CT molecular complexity index is 748. The van der Waals surface area contributed by atoms with Crippen molar-refractivity contribution in [3.8, 4) is 0 Å². The van der Waals surface area contributed by atoms with Crippen molar-refractivity contribution in [3.63, 3.8) is 0 Å². The van der Waals surface area contributed by atoms with Gasteiger partial charge in [0.1, 0.15) is 0 Å². The van der Waals surface area contributed by atoms with Gasteiger partial charge in [0.15, 0.2) is 5.65 Å². The molecule has 0 saturated heterocycles. The SMILES string of the molecule is O=c1n(CCNCc2ccccn2)nc2cnccn12. The zero-order chi connectivity index (χ0) is 13.8. The molecule has 0 radical (unpaired) electrons. The Morgan fingerprint density at radius 3 is 3.00 bits per heavy atom. The smallest absolute Gasteiger partial charge is 0.309 e. The Hall–Kier alpha value is -2.54. The van der Waals surface area contributed by atoms with Gasteiger partial charge in [-0.3, -0.25) is 9.97 Å². The molecule has 0 saturated carbocycles. The lowest BCUT2D eigenvalue weighted by Gasteiger charge is -2.03. The van der Waals surface area contributed by atoms with E-state index in [-0.39, 0.29) is 5.69 Å². The summed E-state index contributed by atoms with van der Waals surface area (Å²) >= 11 is 0. The molecule has 0 fully saturated rings. The molecule has 1 N–H and O–H groups in total. The molecule has 3 aromatic heterocycles. The van der Waals surface area contributed by atoms with Crippen molar-refractivity contribution >= 4 is 5.65 Å². The molecule has 0 aliphatic heterocycles. The highest BCUT2D eigenvalue weighted by Crippen LogP contribution is 1.93. The van der Waals surface area contributed by atoms with Gasteiger partial charge in [0, 0.05) is 31.7 Å². The molecule has 0 atom stereocenters. The van der Waals surface area contributed by atoms with Gasteiger partial charge < -0.3 is 5.32 Å². The van der Waals surface area contributed by atoms with Crippen LogP contribution in [0.5, 0.6) is 0 Å². The van der Waals surface area contributed by atoms with E-state index in [0.717, 1.165) is 5.69 Å². The van der Waals surface area contributed by atoms with Gasteiger partial charge in [-0.1, -0.05) is 6.07 Å². The monoisotopic (exact) mass is 270 g/mol. The van der Waals surface area contributed by atoms with Crippen LogP contribution < -0.4 is 11.0 Å². The normalized spacial score (nSPS) is 11.0. The van der Waals surface area contributed by atoms with Crippen molar-refractivity contribution in [2.75, 3.05) is 6.54 Å². The lowest BCUT2D eigenvalue weighted by atomic mass is 10.3. The van der Waals surface area contributed by atoms with E-state index in [4.69, 9.17) is 0 Å². The highest BCUT2D eigenvalue weighted by Gasteiger charge is 2.05. The van der Waals surface area contributed by atoms with E-state index in [1.165, 1.54) is 9.08 Å². The average Bonchev–Trinajstić information content (AvgIpc) is 2.82. The quantitative estimate of drug-likeness (QED) is 0.664. The molecule has 3 heterocycles. The van der Waals surface area contributed by atoms with Gasteiger partial charge >= 0.3 is 5.69 Å². The molecule has 0 aliphatic carbocycles. The van der Waals surface area contributed by atoms with E-state index in [0.29, 0.717) is 25.3 Å². The summed E-state index contributed by atoms with van der Waals surface area (Å²) in [6.45, 7) is 1.83. The van der Waals surface area contributed by atoms with Crippen molar-refractivity contribution in [1.82, 2.24) is 29.5 Å². The Kier molecular flexibility index (Phi) is 3.51. The van der Waals surface area contributed by atoms with Gasteiger partial charge in [0.25, 0.3) is 0 Å². The number of aromatic nitrogens is 5. The maximum Gasteiger partial charge on any atom is 0.350 e. The topological polar surface area (TPSA) is 77.1 Å². The molecule has 102 valence electrons. The molecule has 3 rings (SSSR count). The molecule has 0 aromatic carbocycles. The van der Waals surface area contributed by atoms with Gasteiger partial charge in [-0.25, -0.2) is 13.9 Å². The second kappa shape index (κ2) is 5.62. The van der Waals surface area contributed by atoms with Crippen LogP contribution in [0.3, 0.4) is 0 Å². The number of nitrogens with zero attached hydrogens (tertiary/aromatic N) is 5. The molecule has 7 nitrogen and oxygen atoms in total. The van der Waals surface area contributed by atoms with E-state index in [1.807, 2.05) is 18.2 Å². The van der Waals surface area contributed by atoms with Gasteiger partial charge in [-0.15, -0.1) is 5.10 Å². The van der Waals surface area contributed by atoms with Gasteiger partial charge in [-0.05, 0) is 12.1 Å². The molecule has 0 spiro atoms. The predicted octanol–water partition coefficient (Wildman–Crippen LogP) is 0.0758. The third-order valence-electron chi connectivity index (χ3n) is 2.92. The lowest BCUT2D eigenvalue weighted by Crippen LogP contribution is -2.27. The Morgan fingerprint density at radius 2 is 2.20 bits per heavy atom. The number of pyridine rings is 1. The van der Waals surface area contributed by atoms with Crippen LogP contribution in [0.15, 0.2) is 47.8 Å². The predicted molar refractivity (Wildman–Crippen MR) is 73.2 cm³/mol. The summed E-state index contributed by atoms with van der Waals surface area (Å²) in [6, 6.07) is 5.78. The fourth-order valence-corrected chi connectivity index (χ4v) is 1.93. The van der Waals surface area contributed by atoms with E-state index in [1.54, 1.807) is 24.8 Å². The molecule has 0 aliphatic rings. The van der Waals surface area contributed by atoms with Gasteiger partial charge in [0.2, 0.25) is 0 Å². The second-order valence-electron chi connectivity index (χ2n) is 4.31.